The zero-order chi connectivity index (χ0) is 21.4. The highest BCUT2D eigenvalue weighted by atomic mass is 32.2. The molecule has 30 heavy (non-hydrogen) atoms. The van der Waals surface area contributed by atoms with Gasteiger partial charge in [-0.1, -0.05) is 48.5 Å². The van der Waals surface area contributed by atoms with Crippen molar-refractivity contribution in [3.8, 4) is 12.3 Å². The summed E-state index contributed by atoms with van der Waals surface area (Å²) in [5, 5.41) is 12.3. The van der Waals surface area contributed by atoms with Crippen molar-refractivity contribution in [1.29, 1.82) is 0 Å². The third kappa shape index (κ3) is 3.18. The number of aliphatic hydroxyl groups is 1. The largest absolute Gasteiger partial charge is 0.378 e. The van der Waals surface area contributed by atoms with Gasteiger partial charge in [-0.25, -0.2) is 16.8 Å². The summed E-state index contributed by atoms with van der Waals surface area (Å²) in [5.74, 6) is 1.96. The molecule has 0 saturated heterocycles. The molecule has 0 aliphatic rings. The molecule has 4 aromatic rings. The van der Waals surface area contributed by atoms with Crippen molar-refractivity contribution in [2.75, 3.05) is 0 Å². The van der Waals surface area contributed by atoms with Gasteiger partial charge in [-0.05, 0) is 42.0 Å². The van der Waals surface area contributed by atoms with Gasteiger partial charge in [0.2, 0.25) is 0 Å². The average molecular weight is 419 g/mol. The van der Waals surface area contributed by atoms with Gasteiger partial charge in [0, 0.05) is 11.8 Å². The van der Waals surface area contributed by atoms with Crippen LogP contribution in [0.15, 0.2) is 89.8 Å². The summed E-state index contributed by atoms with van der Waals surface area (Å²) in [5.41, 5.74) is -1.04. The van der Waals surface area contributed by atoms with Crippen LogP contribution in [0.1, 0.15) is 17.7 Å². The van der Waals surface area contributed by atoms with E-state index in [1.165, 1.54) is 36.4 Å². The van der Waals surface area contributed by atoms with Gasteiger partial charge >= 0.3 is 0 Å². The monoisotopic (exact) mass is 419 g/mol. The Morgan fingerprint density at radius 1 is 0.967 bits per heavy atom. The van der Waals surface area contributed by atoms with Gasteiger partial charge in [0.25, 0.3) is 10.0 Å². The quantitative estimate of drug-likeness (QED) is 0.492. The van der Waals surface area contributed by atoms with Gasteiger partial charge < -0.3 is 5.11 Å². The van der Waals surface area contributed by atoms with E-state index >= 15 is 0 Å². The van der Waals surface area contributed by atoms with Crippen LogP contribution in [0, 0.1) is 18.2 Å². The molecule has 4 rings (SSSR count). The third-order valence-electron chi connectivity index (χ3n) is 5.05. The molecule has 0 spiro atoms. The Balaban J connectivity index is 2.07. The number of nitrogens with zero attached hydrogens (tertiary/aromatic N) is 1. The highest BCUT2D eigenvalue weighted by molar-refractivity contribution is 7.90. The lowest BCUT2D eigenvalue weighted by atomic mass is 9.87. The Hall–Kier alpha value is -3.40. The molecule has 0 saturated carbocycles. The first-order chi connectivity index (χ1) is 14.4. The summed E-state index contributed by atoms with van der Waals surface area (Å²) >= 11 is 0. The summed E-state index contributed by atoms with van der Waals surface area (Å²) < 4.78 is 41.8. The molecule has 0 bridgehead atoms. The Bertz CT molecular complexity index is 1350. The summed E-state index contributed by atoms with van der Waals surface area (Å²) in [6.45, 7) is 0. The van der Waals surface area contributed by atoms with Crippen molar-refractivity contribution in [3.05, 3.63) is 102 Å². The molecular formula is C24H18FNO3S. The maximum atomic E-state index is 13.6. The highest BCUT2D eigenvalue weighted by Gasteiger charge is 2.38. The molecule has 6 heteroatoms. The summed E-state index contributed by atoms with van der Waals surface area (Å²) in [7, 11) is -4.06. The van der Waals surface area contributed by atoms with E-state index in [1.807, 2.05) is 0 Å². The van der Waals surface area contributed by atoms with E-state index in [2.05, 4.69) is 5.92 Å². The van der Waals surface area contributed by atoms with Crippen LogP contribution in [0.5, 0.6) is 0 Å². The maximum Gasteiger partial charge on any atom is 0.268 e. The minimum Gasteiger partial charge on any atom is -0.378 e. The molecule has 0 radical (unpaired) electrons. The van der Waals surface area contributed by atoms with Crippen molar-refractivity contribution in [2.24, 2.45) is 0 Å². The van der Waals surface area contributed by atoms with Crippen molar-refractivity contribution < 1.29 is 17.9 Å². The fraction of sp³-hybridized carbons (Fsp3) is 0.0833. The van der Waals surface area contributed by atoms with E-state index in [9.17, 15) is 17.9 Å². The predicted molar refractivity (Wildman–Crippen MR) is 114 cm³/mol. The first-order valence-electron chi connectivity index (χ1n) is 9.21. The molecule has 1 N–H and O–H groups in total. The Kier molecular flexibility index (Phi) is 4.94. The van der Waals surface area contributed by atoms with Gasteiger partial charge in [0.05, 0.1) is 16.1 Å². The number of halogens is 1. The number of rotatable bonds is 5. The molecule has 0 aliphatic heterocycles. The van der Waals surface area contributed by atoms with Gasteiger partial charge in [0.15, 0.2) is 0 Å². The number of aromatic nitrogens is 1. The zero-order valence-electron chi connectivity index (χ0n) is 15.9. The van der Waals surface area contributed by atoms with E-state index in [0.717, 1.165) is 3.97 Å². The van der Waals surface area contributed by atoms with Gasteiger partial charge in [0.1, 0.15) is 11.4 Å². The Morgan fingerprint density at radius 3 is 2.27 bits per heavy atom. The lowest BCUT2D eigenvalue weighted by molar-refractivity contribution is 0.0812. The SMILES string of the molecule is C#CCC(O)(c1ccc(F)cc1)c1cc2ccccc2n1S(=O)(=O)c1ccccc1. The summed E-state index contributed by atoms with van der Waals surface area (Å²) in [6, 6.07) is 21.7. The third-order valence-corrected chi connectivity index (χ3v) is 6.79. The van der Waals surface area contributed by atoms with Crippen LogP contribution in [0.25, 0.3) is 10.9 Å². The minimum absolute atomic E-state index is 0.0785. The van der Waals surface area contributed by atoms with E-state index < -0.39 is 21.4 Å². The molecule has 1 aromatic heterocycles. The number of para-hydroxylation sites is 1. The average Bonchev–Trinajstić information content (AvgIpc) is 3.16. The van der Waals surface area contributed by atoms with Crippen LogP contribution in [0.3, 0.4) is 0 Å². The lowest BCUT2D eigenvalue weighted by Crippen LogP contribution is -2.32. The van der Waals surface area contributed by atoms with Crippen LogP contribution in [-0.4, -0.2) is 17.5 Å². The van der Waals surface area contributed by atoms with Crippen LogP contribution in [0.4, 0.5) is 4.39 Å². The molecule has 1 atom stereocenters. The van der Waals surface area contributed by atoms with Crippen LogP contribution in [0.2, 0.25) is 0 Å². The summed E-state index contributed by atoms with van der Waals surface area (Å²) in [4.78, 5) is 0.0785. The molecule has 0 aliphatic carbocycles. The summed E-state index contributed by atoms with van der Waals surface area (Å²) in [6.07, 6.45) is 5.35. The van der Waals surface area contributed by atoms with E-state index in [1.54, 1.807) is 48.5 Å². The van der Waals surface area contributed by atoms with Crippen molar-refractivity contribution in [2.45, 2.75) is 16.9 Å². The second kappa shape index (κ2) is 7.45. The second-order valence-corrected chi connectivity index (χ2v) is 8.71. The van der Waals surface area contributed by atoms with E-state index in [4.69, 9.17) is 6.42 Å². The topological polar surface area (TPSA) is 59.3 Å². The number of fused-ring (bicyclic) bond motifs is 1. The second-order valence-electron chi connectivity index (χ2n) is 6.92. The van der Waals surface area contributed by atoms with E-state index in [-0.39, 0.29) is 17.0 Å². The van der Waals surface area contributed by atoms with Gasteiger partial charge in [-0.15, -0.1) is 12.3 Å². The standard InChI is InChI=1S/C24H18FNO3S/c1-2-16-24(27,19-12-14-20(25)15-13-19)23-17-18-8-6-7-11-22(18)26(23)30(28,29)21-9-4-3-5-10-21/h1,3-15,17,27H,16H2. The molecule has 1 unspecified atom stereocenters. The fourth-order valence-corrected chi connectivity index (χ4v) is 5.19. The van der Waals surface area contributed by atoms with Gasteiger partial charge in [-0.2, -0.15) is 0 Å². The smallest absolute Gasteiger partial charge is 0.268 e. The highest BCUT2D eigenvalue weighted by Crippen LogP contribution is 2.38. The molecule has 150 valence electrons. The maximum absolute atomic E-state index is 13.6. The molecule has 0 fully saturated rings. The molecule has 0 amide bonds. The predicted octanol–water partition coefficient (Wildman–Crippen LogP) is 4.28. The number of benzene rings is 3. The lowest BCUT2D eigenvalue weighted by Gasteiger charge is -2.28. The number of hydrogen-bond acceptors (Lipinski definition) is 3. The van der Waals surface area contributed by atoms with Crippen LogP contribution in [-0.2, 0) is 15.6 Å². The minimum atomic E-state index is -4.06. The van der Waals surface area contributed by atoms with Crippen LogP contribution < -0.4 is 0 Å². The number of terminal acetylenes is 1. The molecule has 3 aromatic carbocycles. The van der Waals surface area contributed by atoms with E-state index in [0.29, 0.717) is 16.5 Å². The van der Waals surface area contributed by atoms with Crippen molar-refractivity contribution >= 4 is 20.9 Å². The fourth-order valence-electron chi connectivity index (χ4n) is 3.59. The normalized spacial score (nSPS) is 13.6. The first kappa shape index (κ1) is 19.9. The van der Waals surface area contributed by atoms with Crippen molar-refractivity contribution in [1.82, 2.24) is 3.97 Å². The Morgan fingerprint density at radius 2 is 1.60 bits per heavy atom. The van der Waals surface area contributed by atoms with Gasteiger partial charge in [-0.3, -0.25) is 0 Å². The van der Waals surface area contributed by atoms with Crippen molar-refractivity contribution in [3.63, 3.8) is 0 Å². The first-order valence-corrected chi connectivity index (χ1v) is 10.7. The zero-order valence-corrected chi connectivity index (χ0v) is 16.7. The number of hydrogen-bond donors (Lipinski definition) is 1. The molecule has 4 nitrogen and oxygen atoms in total. The molecule has 1 heterocycles. The Labute approximate surface area is 174 Å². The van der Waals surface area contributed by atoms with Crippen LogP contribution >= 0.6 is 0 Å². The molecular weight excluding hydrogens is 401 g/mol.